The molecule has 0 amide bonds. The van der Waals surface area contributed by atoms with Crippen molar-refractivity contribution in [2.24, 2.45) is 0 Å². The Bertz CT molecular complexity index is 500. The van der Waals surface area contributed by atoms with Crippen molar-refractivity contribution < 1.29 is 4.74 Å². The minimum atomic E-state index is -0.0686. The molecule has 1 nitrogen and oxygen atoms in total. The Balaban J connectivity index is 2.47. The molecule has 0 heterocycles. The summed E-state index contributed by atoms with van der Waals surface area (Å²) in [6.07, 6.45) is 0. The monoisotopic (exact) mass is 239 g/mol. The Labute approximate surface area is 109 Å². The zero-order valence-electron chi connectivity index (χ0n) is 11.2. The molecule has 0 saturated carbocycles. The van der Waals surface area contributed by atoms with Crippen LogP contribution >= 0.6 is 0 Å². The molecule has 0 aliphatic rings. The summed E-state index contributed by atoms with van der Waals surface area (Å²) < 4.78 is 5.62. The largest absolute Gasteiger partial charge is 0.487 e. The van der Waals surface area contributed by atoms with E-state index in [1.54, 1.807) is 6.61 Å². The molecule has 2 aromatic carbocycles. The third-order valence-electron chi connectivity index (χ3n) is 3.30. The van der Waals surface area contributed by atoms with Gasteiger partial charge in [0.05, 0.1) is 0 Å². The number of para-hydroxylation sites is 1. The molecule has 0 aromatic heterocycles. The van der Waals surface area contributed by atoms with E-state index in [0.717, 1.165) is 5.75 Å². The zero-order valence-corrected chi connectivity index (χ0v) is 11.2. The van der Waals surface area contributed by atoms with Crippen LogP contribution in [0.5, 0.6) is 5.75 Å². The summed E-state index contributed by atoms with van der Waals surface area (Å²) in [6, 6.07) is 18.7. The fraction of sp³-hybridized carbons (Fsp3) is 0.235. The van der Waals surface area contributed by atoms with Crippen molar-refractivity contribution in [2.45, 2.75) is 26.2 Å². The standard InChI is InChI=1S/C17H19O/c1-4-18-16-13-9-8-12-15(16)17(2,3)14-10-6-5-7-11-14/h4-13H,1-3H3. The van der Waals surface area contributed by atoms with Gasteiger partial charge in [0.1, 0.15) is 12.4 Å². The number of hydrogen-bond donors (Lipinski definition) is 0. The van der Waals surface area contributed by atoms with Gasteiger partial charge < -0.3 is 4.74 Å². The van der Waals surface area contributed by atoms with E-state index in [0.29, 0.717) is 0 Å². The normalized spacial score (nSPS) is 11.3. The quantitative estimate of drug-likeness (QED) is 0.759. The Morgan fingerprint density at radius 1 is 0.889 bits per heavy atom. The summed E-state index contributed by atoms with van der Waals surface area (Å²) in [5, 5.41) is 0. The van der Waals surface area contributed by atoms with Gasteiger partial charge in [-0.15, -0.1) is 0 Å². The van der Waals surface area contributed by atoms with Crippen LogP contribution in [-0.2, 0) is 5.41 Å². The number of benzene rings is 2. The van der Waals surface area contributed by atoms with Crippen molar-refractivity contribution in [1.29, 1.82) is 0 Å². The van der Waals surface area contributed by atoms with Gasteiger partial charge in [-0.1, -0.05) is 62.4 Å². The van der Waals surface area contributed by atoms with E-state index in [-0.39, 0.29) is 5.41 Å². The van der Waals surface area contributed by atoms with E-state index in [4.69, 9.17) is 4.74 Å². The van der Waals surface area contributed by atoms with Crippen molar-refractivity contribution in [2.75, 3.05) is 0 Å². The maximum Gasteiger partial charge on any atom is 0.132 e. The van der Waals surface area contributed by atoms with Crippen LogP contribution in [0, 0.1) is 6.61 Å². The van der Waals surface area contributed by atoms with E-state index in [1.165, 1.54) is 11.1 Å². The molecule has 0 saturated heterocycles. The molecule has 18 heavy (non-hydrogen) atoms. The highest BCUT2D eigenvalue weighted by Gasteiger charge is 2.26. The molecule has 0 fully saturated rings. The smallest absolute Gasteiger partial charge is 0.132 e. The molecular formula is C17H19O. The molecule has 2 aromatic rings. The van der Waals surface area contributed by atoms with Crippen molar-refractivity contribution in [1.82, 2.24) is 0 Å². The lowest BCUT2D eigenvalue weighted by Gasteiger charge is -2.28. The lowest BCUT2D eigenvalue weighted by Crippen LogP contribution is -2.19. The first-order valence-corrected chi connectivity index (χ1v) is 6.26. The lowest BCUT2D eigenvalue weighted by molar-refractivity contribution is 0.403. The first-order chi connectivity index (χ1) is 8.66. The molecule has 0 N–H and O–H groups in total. The van der Waals surface area contributed by atoms with Gasteiger partial charge >= 0.3 is 0 Å². The number of ether oxygens (including phenoxy) is 1. The van der Waals surface area contributed by atoms with Crippen molar-refractivity contribution in [3.05, 3.63) is 72.3 Å². The van der Waals surface area contributed by atoms with Crippen LogP contribution in [0.2, 0.25) is 0 Å². The molecule has 2 rings (SSSR count). The van der Waals surface area contributed by atoms with Gasteiger partial charge in [-0.3, -0.25) is 0 Å². The van der Waals surface area contributed by atoms with Gasteiger partial charge in [0.25, 0.3) is 0 Å². The van der Waals surface area contributed by atoms with Gasteiger partial charge in [-0.2, -0.15) is 0 Å². The van der Waals surface area contributed by atoms with Gasteiger partial charge in [-0.25, -0.2) is 0 Å². The second-order valence-electron chi connectivity index (χ2n) is 4.84. The van der Waals surface area contributed by atoms with Crippen LogP contribution in [-0.4, -0.2) is 0 Å². The van der Waals surface area contributed by atoms with Crippen LogP contribution in [0.1, 0.15) is 31.9 Å². The third-order valence-corrected chi connectivity index (χ3v) is 3.30. The molecule has 0 spiro atoms. The molecule has 0 bridgehead atoms. The first kappa shape index (κ1) is 12.7. The van der Waals surface area contributed by atoms with Crippen molar-refractivity contribution in [3.63, 3.8) is 0 Å². The molecule has 1 heteroatoms. The maximum absolute atomic E-state index is 5.62. The Morgan fingerprint density at radius 2 is 1.50 bits per heavy atom. The minimum absolute atomic E-state index is 0.0686. The van der Waals surface area contributed by atoms with Crippen LogP contribution in [0.15, 0.2) is 54.6 Å². The maximum atomic E-state index is 5.62. The summed E-state index contributed by atoms with van der Waals surface area (Å²) >= 11 is 0. The predicted molar refractivity (Wildman–Crippen MR) is 75.6 cm³/mol. The average molecular weight is 239 g/mol. The number of hydrogen-bond acceptors (Lipinski definition) is 1. The van der Waals surface area contributed by atoms with E-state index in [1.807, 2.05) is 25.1 Å². The van der Waals surface area contributed by atoms with Gasteiger partial charge in [0.15, 0.2) is 0 Å². The van der Waals surface area contributed by atoms with Gasteiger partial charge in [0, 0.05) is 11.0 Å². The van der Waals surface area contributed by atoms with Crippen LogP contribution in [0.4, 0.5) is 0 Å². The molecule has 1 radical (unpaired) electrons. The highest BCUT2D eigenvalue weighted by Crippen LogP contribution is 2.37. The molecule has 0 unspecified atom stereocenters. The zero-order chi connectivity index (χ0) is 13.0. The lowest BCUT2D eigenvalue weighted by atomic mass is 9.78. The molecular weight excluding hydrogens is 220 g/mol. The topological polar surface area (TPSA) is 9.23 Å². The summed E-state index contributed by atoms with van der Waals surface area (Å²) in [7, 11) is 0. The summed E-state index contributed by atoms with van der Waals surface area (Å²) in [4.78, 5) is 0. The highest BCUT2D eigenvalue weighted by atomic mass is 16.5. The first-order valence-electron chi connectivity index (χ1n) is 6.26. The SMILES string of the molecule is C[CH]Oc1ccccc1C(C)(C)c1ccccc1. The van der Waals surface area contributed by atoms with Crippen molar-refractivity contribution in [3.8, 4) is 5.75 Å². The van der Waals surface area contributed by atoms with Crippen LogP contribution in [0.25, 0.3) is 0 Å². The summed E-state index contributed by atoms with van der Waals surface area (Å²) in [5.41, 5.74) is 2.42. The minimum Gasteiger partial charge on any atom is -0.487 e. The summed E-state index contributed by atoms with van der Waals surface area (Å²) in [5.74, 6) is 0.925. The second kappa shape index (κ2) is 5.26. The van der Waals surface area contributed by atoms with E-state index >= 15 is 0 Å². The van der Waals surface area contributed by atoms with E-state index < -0.39 is 0 Å². The predicted octanol–water partition coefficient (Wildman–Crippen LogP) is 4.57. The molecule has 0 aliphatic carbocycles. The third kappa shape index (κ3) is 2.40. The van der Waals surface area contributed by atoms with E-state index in [2.05, 4.69) is 50.2 Å². The van der Waals surface area contributed by atoms with E-state index in [9.17, 15) is 0 Å². The summed E-state index contributed by atoms with van der Waals surface area (Å²) in [6.45, 7) is 8.06. The molecule has 0 atom stereocenters. The number of rotatable bonds is 4. The Hall–Kier alpha value is -1.76. The fourth-order valence-corrected chi connectivity index (χ4v) is 2.22. The second-order valence-corrected chi connectivity index (χ2v) is 4.84. The average Bonchev–Trinajstić information content (AvgIpc) is 2.41. The van der Waals surface area contributed by atoms with Crippen LogP contribution < -0.4 is 4.74 Å². The van der Waals surface area contributed by atoms with Gasteiger partial charge in [0.2, 0.25) is 0 Å². The highest BCUT2D eigenvalue weighted by molar-refractivity contribution is 5.45. The van der Waals surface area contributed by atoms with Crippen LogP contribution in [0.3, 0.4) is 0 Å². The van der Waals surface area contributed by atoms with Gasteiger partial charge in [-0.05, 0) is 18.6 Å². The Kier molecular flexibility index (Phi) is 3.71. The Morgan fingerprint density at radius 3 is 2.17 bits per heavy atom. The molecule has 93 valence electrons. The fourth-order valence-electron chi connectivity index (χ4n) is 2.22. The van der Waals surface area contributed by atoms with Crippen molar-refractivity contribution >= 4 is 0 Å². The molecule has 0 aliphatic heterocycles.